The molecule has 0 aromatic carbocycles. The van der Waals surface area contributed by atoms with Gasteiger partial charge in [-0.3, -0.25) is 18.6 Å². The molecule has 0 aliphatic rings. The van der Waals surface area contributed by atoms with E-state index in [1.165, 1.54) is 83.5 Å². The van der Waals surface area contributed by atoms with E-state index in [2.05, 4.69) is 62.5 Å². The van der Waals surface area contributed by atoms with Gasteiger partial charge in [0.25, 0.3) is 0 Å². The third kappa shape index (κ3) is 39.7. The molecule has 0 saturated heterocycles. The predicted octanol–water partition coefficient (Wildman–Crippen LogP) is 13.8. The van der Waals surface area contributed by atoms with Crippen LogP contribution < -0.4 is 0 Å². The molecule has 0 aliphatic carbocycles. The van der Waals surface area contributed by atoms with Crippen LogP contribution in [0, 0.1) is 0 Å². The van der Waals surface area contributed by atoms with Crippen molar-refractivity contribution in [3.8, 4) is 0 Å². The number of phosphoric acid groups is 1. The summed E-state index contributed by atoms with van der Waals surface area (Å²) in [5.74, 6) is -0.819. The van der Waals surface area contributed by atoms with Gasteiger partial charge in [0.1, 0.15) is 6.61 Å². The minimum absolute atomic E-state index is 0.00408. The van der Waals surface area contributed by atoms with E-state index in [9.17, 15) is 19.0 Å². The van der Waals surface area contributed by atoms with Gasteiger partial charge in [-0.15, -0.1) is 0 Å². The molecule has 54 heavy (non-hydrogen) atoms. The molecule has 0 radical (unpaired) electrons. The van der Waals surface area contributed by atoms with Crippen LogP contribution in [0.25, 0.3) is 0 Å². The predicted molar refractivity (Wildman–Crippen MR) is 225 cm³/mol. The molecule has 2 atom stereocenters. The SMILES string of the molecule is CCC/C=C\C/C=C\CCCCCCCC(=O)OCC(COP(=O)(O)OCC)OC(=O)CCCCCCCCCCC/C=C\C/C=C\CCCCCCC. The van der Waals surface area contributed by atoms with Crippen LogP contribution in [0.5, 0.6) is 0 Å². The molecule has 0 bridgehead atoms. The van der Waals surface area contributed by atoms with E-state index in [0.29, 0.717) is 6.42 Å². The highest BCUT2D eigenvalue weighted by Gasteiger charge is 2.25. The summed E-state index contributed by atoms with van der Waals surface area (Å²) in [6, 6.07) is 0. The van der Waals surface area contributed by atoms with Crippen LogP contribution in [0.15, 0.2) is 48.6 Å². The van der Waals surface area contributed by atoms with Crippen LogP contribution >= 0.6 is 7.82 Å². The van der Waals surface area contributed by atoms with Crippen molar-refractivity contribution in [3.05, 3.63) is 48.6 Å². The van der Waals surface area contributed by atoms with Crippen molar-refractivity contribution >= 4 is 19.8 Å². The molecule has 314 valence electrons. The molecule has 1 N–H and O–H groups in total. The second-order valence-corrected chi connectivity index (χ2v) is 15.8. The van der Waals surface area contributed by atoms with E-state index < -0.39 is 26.5 Å². The number of unbranched alkanes of at least 4 members (excludes halogenated alkanes) is 20. The Balaban J connectivity index is 4.07. The molecule has 8 nitrogen and oxygen atoms in total. The summed E-state index contributed by atoms with van der Waals surface area (Å²) in [6.07, 6.45) is 47.3. The molecule has 9 heteroatoms. The van der Waals surface area contributed by atoms with Crippen molar-refractivity contribution in [3.63, 3.8) is 0 Å². The zero-order valence-electron chi connectivity index (χ0n) is 34.9. The van der Waals surface area contributed by atoms with E-state index in [1.54, 1.807) is 6.92 Å². The number of hydrogen-bond donors (Lipinski definition) is 1. The standard InChI is InChI=1S/C45H81O8P/c1-4-7-9-11-13-15-17-19-20-21-22-23-24-25-26-28-30-32-34-36-38-40-45(47)53-43(42-52-54(48,49)51-6-3)41-50-44(46)39-37-35-33-31-29-27-18-16-14-12-10-8-5-2/h10,12,16-19,21-22,43H,4-9,11,13-15,20,23-42H2,1-3H3,(H,48,49)/b12-10-,18-16-,19-17-,22-21-. The first-order valence-electron chi connectivity index (χ1n) is 21.9. The summed E-state index contributed by atoms with van der Waals surface area (Å²) in [5.41, 5.74) is 0. The maximum atomic E-state index is 12.6. The van der Waals surface area contributed by atoms with Gasteiger partial charge in [-0.05, 0) is 77.6 Å². The summed E-state index contributed by atoms with van der Waals surface area (Å²) in [6.45, 7) is 5.38. The molecule has 0 fully saturated rings. The molecular weight excluding hydrogens is 699 g/mol. The van der Waals surface area contributed by atoms with Crippen molar-refractivity contribution in [2.45, 2.75) is 207 Å². The lowest BCUT2D eigenvalue weighted by atomic mass is 10.1. The highest BCUT2D eigenvalue weighted by Crippen LogP contribution is 2.43. The minimum Gasteiger partial charge on any atom is -0.462 e. The summed E-state index contributed by atoms with van der Waals surface area (Å²) < 4.78 is 32.6. The van der Waals surface area contributed by atoms with Gasteiger partial charge in [0.05, 0.1) is 13.2 Å². The van der Waals surface area contributed by atoms with E-state index >= 15 is 0 Å². The first-order chi connectivity index (χ1) is 26.3. The lowest BCUT2D eigenvalue weighted by Gasteiger charge is -2.19. The van der Waals surface area contributed by atoms with Crippen LogP contribution in [-0.4, -0.2) is 42.8 Å². The molecule has 0 rings (SSSR count). The zero-order valence-corrected chi connectivity index (χ0v) is 35.8. The maximum Gasteiger partial charge on any atom is 0.472 e. The van der Waals surface area contributed by atoms with E-state index in [4.69, 9.17) is 18.5 Å². The van der Waals surface area contributed by atoms with E-state index in [-0.39, 0.29) is 32.0 Å². The quantitative estimate of drug-likeness (QED) is 0.0283. The highest BCUT2D eigenvalue weighted by molar-refractivity contribution is 7.47. The van der Waals surface area contributed by atoms with Crippen molar-refractivity contribution < 1.29 is 37.6 Å². The van der Waals surface area contributed by atoms with Gasteiger partial charge < -0.3 is 14.4 Å². The van der Waals surface area contributed by atoms with Gasteiger partial charge in [0.15, 0.2) is 6.10 Å². The minimum atomic E-state index is -4.28. The lowest BCUT2D eigenvalue weighted by Crippen LogP contribution is -2.29. The zero-order chi connectivity index (χ0) is 39.6. The number of carbonyl (C=O) groups is 2. The summed E-state index contributed by atoms with van der Waals surface area (Å²) in [7, 11) is -4.28. The topological polar surface area (TPSA) is 108 Å². The number of hydrogen-bond acceptors (Lipinski definition) is 7. The largest absolute Gasteiger partial charge is 0.472 e. The lowest BCUT2D eigenvalue weighted by molar-refractivity contribution is -0.161. The molecule has 2 unspecified atom stereocenters. The maximum absolute atomic E-state index is 12.6. The first kappa shape index (κ1) is 52.0. The molecule has 0 aliphatic heterocycles. The normalized spacial score (nSPS) is 13.8. The molecule has 0 aromatic heterocycles. The number of phosphoric ester groups is 1. The molecule has 0 saturated carbocycles. The molecule has 0 amide bonds. The van der Waals surface area contributed by atoms with Gasteiger partial charge >= 0.3 is 19.8 Å². The van der Waals surface area contributed by atoms with Gasteiger partial charge in [-0.2, -0.15) is 0 Å². The summed E-state index contributed by atoms with van der Waals surface area (Å²) >= 11 is 0. The highest BCUT2D eigenvalue weighted by atomic mass is 31.2. The summed E-state index contributed by atoms with van der Waals surface area (Å²) in [5, 5.41) is 0. The van der Waals surface area contributed by atoms with Crippen molar-refractivity contribution in [2.75, 3.05) is 19.8 Å². The van der Waals surface area contributed by atoms with Gasteiger partial charge in [0, 0.05) is 12.8 Å². The third-order valence-electron chi connectivity index (χ3n) is 9.09. The molecule has 0 aromatic rings. The van der Waals surface area contributed by atoms with Crippen LogP contribution in [0.2, 0.25) is 0 Å². The summed E-state index contributed by atoms with van der Waals surface area (Å²) in [4.78, 5) is 34.7. The molecule has 0 heterocycles. The Morgan fingerprint density at radius 2 is 0.926 bits per heavy atom. The number of rotatable bonds is 40. The van der Waals surface area contributed by atoms with Crippen LogP contribution in [0.3, 0.4) is 0 Å². The average Bonchev–Trinajstić information content (AvgIpc) is 3.15. The second-order valence-electron chi connectivity index (χ2n) is 14.4. The third-order valence-corrected chi connectivity index (χ3v) is 10.1. The van der Waals surface area contributed by atoms with Crippen LogP contribution in [-0.2, 0) is 32.7 Å². The van der Waals surface area contributed by atoms with E-state index in [0.717, 1.165) is 77.0 Å². The van der Waals surface area contributed by atoms with Gasteiger partial charge in [-0.25, -0.2) is 4.57 Å². The Morgan fingerprint density at radius 3 is 1.39 bits per heavy atom. The fourth-order valence-electron chi connectivity index (χ4n) is 5.87. The first-order valence-corrected chi connectivity index (χ1v) is 23.4. The Bertz CT molecular complexity index is 1020. The molecule has 0 spiro atoms. The Kier molecular flexibility index (Phi) is 39.2. The van der Waals surface area contributed by atoms with Crippen LogP contribution in [0.1, 0.15) is 201 Å². The average molecular weight is 781 g/mol. The number of ether oxygens (including phenoxy) is 2. The van der Waals surface area contributed by atoms with Crippen LogP contribution in [0.4, 0.5) is 0 Å². The van der Waals surface area contributed by atoms with Crippen molar-refractivity contribution in [2.24, 2.45) is 0 Å². The van der Waals surface area contributed by atoms with Crippen molar-refractivity contribution in [1.29, 1.82) is 0 Å². The smallest absolute Gasteiger partial charge is 0.462 e. The van der Waals surface area contributed by atoms with Gasteiger partial charge in [0.2, 0.25) is 0 Å². The Hall–Kier alpha value is -1.99. The fraction of sp³-hybridized carbons (Fsp3) is 0.778. The van der Waals surface area contributed by atoms with Gasteiger partial charge in [-0.1, -0.05) is 159 Å². The van der Waals surface area contributed by atoms with E-state index in [1.807, 2.05) is 0 Å². The molecular formula is C45H81O8P. The number of carbonyl (C=O) groups excluding carboxylic acids is 2. The Morgan fingerprint density at radius 1 is 0.500 bits per heavy atom. The monoisotopic (exact) mass is 781 g/mol. The number of allylic oxidation sites excluding steroid dienone is 8. The number of esters is 2. The van der Waals surface area contributed by atoms with Crippen molar-refractivity contribution in [1.82, 2.24) is 0 Å². The Labute approximate surface area is 331 Å². The fourth-order valence-corrected chi connectivity index (χ4v) is 6.63. The second kappa shape index (κ2) is 40.7.